The van der Waals surface area contributed by atoms with Crippen LogP contribution in [0.5, 0.6) is 0 Å². The zero-order chi connectivity index (χ0) is 9.97. The van der Waals surface area contributed by atoms with Crippen LogP contribution in [0.2, 0.25) is 0 Å². The fourth-order valence-electron chi connectivity index (χ4n) is 2.55. The fourth-order valence-corrected chi connectivity index (χ4v) is 2.55. The van der Waals surface area contributed by atoms with Gasteiger partial charge in [-0.25, -0.2) is 0 Å². The van der Waals surface area contributed by atoms with Crippen molar-refractivity contribution in [3.63, 3.8) is 0 Å². The zero-order valence-electron chi connectivity index (χ0n) is 8.96. The number of hydrogen-bond acceptors (Lipinski definition) is 2. The van der Waals surface area contributed by atoms with Gasteiger partial charge < -0.3 is 10.2 Å². The van der Waals surface area contributed by atoms with E-state index in [2.05, 4.69) is 12.2 Å². The fraction of sp³-hybridized carbons (Fsp3) is 0.909. The molecule has 0 aromatic heterocycles. The normalized spacial score (nSPS) is 33.4. The Morgan fingerprint density at radius 1 is 1.29 bits per heavy atom. The van der Waals surface area contributed by atoms with Crippen molar-refractivity contribution in [3.8, 4) is 0 Å². The number of carbonyl (C=O) groups excluding carboxylic acids is 1. The number of hydrogen-bond donors (Lipinski definition) is 1. The lowest BCUT2D eigenvalue weighted by Crippen LogP contribution is -2.47. The Kier molecular flexibility index (Phi) is 3.06. The van der Waals surface area contributed by atoms with E-state index in [4.69, 9.17) is 0 Å². The van der Waals surface area contributed by atoms with Crippen molar-refractivity contribution in [2.45, 2.75) is 38.6 Å². The first-order valence-corrected chi connectivity index (χ1v) is 5.81. The highest BCUT2D eigenvalue weighted by atomic mass is 16.2. The lowest BCUT2D eigenvalue weighted by Gasteiger charge is -2.31. The molecule has 3 heteroatoms. The summed E-state index contributed by atoms with van der Waals surface area (Å²) in [4.78, 5) is 14.1. The van der Waals surface area contributed by atoms with Crippen LogP contribution in [0.4, 0.5) is 0 Å². The van der Waals surface area contributed by atoms with Gasteiger partial charge in [-0.1, -0.05) is 0 Å². The number of nitrogens with zero attached hydrogens (tertiary/aromatic N) is 1. The van der Waals surface area contributed by atoms with Crippen molar-refractivity contribution in [2.75, 3.05) is 19.6 Å². The van der Waals surface area contributed by atoms with Gasteiger partial charge in [-0.3, -0.25) is 4.79 Å². The lowest BCUT2D eigenvalue weighted by molar-refractivity contribution is -0.136. The van der Waals surface area contributed by atoms with E-state index in [-0.39, 0.29) is 5.92 Å². The average Bonchev–Trinajstić information content (AvgIpc) is 2.70. The third kappa shape index (κ3) is 1.92. The lowest BCUT2D eigenvalue weighted by atomic mass is 9.91. The minimum atomic E-state index is 0.238. The van der Waals surface area contributed by atoms with Gasteiger partial charge in [0, 0.05) is 19.1 Å². The van der Waals surface area contributed by atoms with Crippen LogP contribution >= 0.6 is 0 Å². The van der Waals surface area contributed by atoms with Crippen molar-refractivity contribution >= 4 is 5.91 Å². The minimum absolute atomic E-state index is 0.238. The summed E-state index contributed by atoms with van der Waals surface area (Å²) in [7, 11) is 0. The van der Waals surface area contributed by atoms with Gasteiger partial charge in [-0.2, -0.15) is 0 Å². The number of amides is 1. The van der Waals surface area contributed by atoms with Gasteiger partial charge >= 0.3 is 0 Å². The van der Waals surface area contributed by atoms with Crippen LogP contribution in [0, 0.1) is 5.92 Å². The van der Waals surface area contributed by atoms with E-state index in [0.29, 0.717) is 11.9 Å². The molecule has 14 heavy (non-hydrogen) atoms. The molecule has 2 aliphatic rings. The molecule has 0 aromatic carbocycles. The summed E-state index contributed by atoms with van der Waals surface area (Å²) in [5.41, 5.74) is 0. The number of carbonyl (C=O) groups is 1. The van der Waals surface area contributed by atoms with E-state index >= 15 is 0 Å². The van der Waals surface area contributed by atoms with Crippen LogP contribution < -0.4 is 5.32 Å². The molecule has 0 unspecified atom stereocenters. The molecule has 1 amide bonds. The van der Waals surface area contributed by atoms with Crippen LogP contribution in [0.3, 0.4) is 0 Å². The van der Waals surface area contributed by atoms with E-state index in [1.54, 1.807) is 0 Å². The summed E-state index contributed by atoms with van der Waals surface area (Å²) in [6.07, 6.45) is 4.61. The van der Waals surface area contributed by atoms with Crippen LogP contribution in [0.1, 0.15) is 32.6 Å². The van der Waals surface area contributed by atoms with Crippen LogP contribution in [0.15, 0.2) is 0 Å². The Balaban J connectivity index is 1.94. The minimum Gasteiger partial charge on any atom is -0.342 e. The summed E-state index contributed by atoms with van der Waals surface area (Å²) in [6.45, 7) is 5.19. The number of likely N-dealkylation sites (tertiary alicyclic amines) is 1. The molecule has 1 N–H and O–H groups in total. The smallest absolute Gasteiger partial charge is 0.227 e. The van der Waals surface area contributed by atoms with E-state index < -0.39 is 0 Å². The standard InChI is InChI=1S/C11H20N2O/c1-9-10(5-4-6-12-9)11(14)13-7-2-3-8-13/h9-10,12H,2-8H2,1H3/t9-,10+/m1/s1. The molecule has 0 bridgehead atoms. The van der Waals surface area contributed by atoms with Crippen molar-refractivity contribution < 1.29 is 4.79 Å². The van der Waals surface area contributed by atoms with Crippen LogP contribution in [-0.2, 0) is 4.79 Å². The number of nitrogens with one attached hydrogen (secondary N) is 1. The number of rotatable bonds is 1. The van der Waals surface area contributed by atoms with Crippen molar-refractivity contribution in [1.82, 2.24) is 10.2 Å². The van der Waals surface area contributed by atoms with Gasteiger partial charge in [0.05, 0.1) is 5.92 Å². The van der Waals surface area contributed by atoms with Gasteiger partial charge in [0.15, 0.2) is 0 Å². The predicted octanol–water partition coefficient (Wildman–Crippen LogP) is 0.997. The number of piperidine rings is 1. The molecular weight excluding hydrogens is 176 g/mol. The molecule has 2 fully saturated rings. The quantitative estimate of drug-likeness (QED) is 0.678. The summed E-state index contributed by atoms with van der Waals surface area (Å²) in [5.74, 6) is 0.629. The van der Waals surface area contributed by atoms with Gasteiger partial charge in [0.25, 0.3) is 0 Å². The Morgan fingerprint density at radius 2 is 2.00 bits per heavy atom. The second-order valence-electron chi connectivity index (χ2n) is 4.52. The summed E-state index contributed by atoms with van der Waals surface area (Å²) in [5, 5.41) is 3.39. The first-order chi connectivity index (χ1) is 6.79. The van der Waals surface area contributed by atoms with Crippen molar-refractivity contribution in [2.24, 2.45) is 5.92 Å². The highest BCUT2D eigenvalue weighted by Gasteiger charge is 2.31. The van der Waals surface area contributed by atoms with Gasteiger partial charge in [0.1, 0.15) is 0 Å². The van der Waals surface area contributed by atoms with E-state index in [1.807, 2.05) is 4.90 Å². The molecule has 0 spiro atoms. The third-order valence-electron chi connectivity index (χ3n) is 3.50. The third-order valence-corrected chi connectivity index (χ3v) is 3.50. The molecular formula is C11H20N2O. The summed E-state index contributed by atoms with van der Waals surface area (Å²) in [6, 6.07) is 0.372. The van der Waals surface area contributed by atoms with E-state index in [9.17, 15) is 4.79 Å². The molecule has 2 atom stereocenters. The molecule has 0 radical (unpaired) electrons. The highest BCUT2D eigenvalue weighted by Crippen LogP contribution is 2.21. The molecule has 0 aromatic rings. The second-order valence-corrected chi connectivity index (χ2v) is 4.52. The monoisotopic (exact) mass is 196 g/mol. The Hall–Kier alpha value is -0.570. The summed E-state index contributed by atoms with van der Waals surface area (Å²) < 4.78 is 0. The molecule has 0 saturated carbocycles. The second kappa shape index (κ2) is 4.30. The average molecular weight is 196 g/mol. The van der Waals surface area contributed by atoms with Crippen LogP contribution in [-0.4, -0.2) is 36.5 Å². The zero-order valence-corrected chi connectivity index (χ0v) is 8.96. The molecule has 2 rings (SSSR count). The van der Waals surface area contributed by atoms with Gasteiger partial charge in [-0.05, 0) is 39.2 Å². The molecule has 2 aliphatic heterocycles. The van der Waals surface area contributed by atoms with Crippen molar-refractivity contribution in [1.29, 1.82) is 0 Å². The van der Waals surface area contributed by atoms with E-state index in [1.165, 1.54) is 12.8 Å². The Morgan fingerprint density at radius 3 is 2.64 bits per heavy atom. The maximum atomic E-state index is 12.1. The maximum Gasteiger partial charge on any atom is 0.227 e. The van der Waals surface area contributed by atoms with Gasteiger partial charge in [0.2, 0.25) is 5.91 Å². The van der Waals surface area contributed by atoms with E-state index in [0.717, 1.165) is 32.5 Å². The highest BCUT2D eigenvalue weighted by molar-refractivity contribution is 5.79. The van der Waals surface area contributed by atoms with Crippen molar-refractivity contribution in [3.05, 3.63) is 0 Å². The van der Waals surface area contributed by atoms with Gasteiger partial charge in [-0.15, -0.1) is 0 Å². The molecule has 2 heterocycles. The molecule has 3 nitrogen and oxygen atoms in total. The maximum absolute atomic E-state index is 12.1. The molecule has 0 aliphatic carbocycles. The SMILES string of the molecule is C[C@H]1NCCC[C@@H]1C(=O)N1CCCC1. The topological polar surface area (TPSA) is 32.3 Å². The first kappa shape index (κ1) is 9.97. The molecule has 80 valence electrons. The Bertz CT molecular complexity index is 211. The first-order valence-electron chi connectivity index (χ1n) is 5.81. The predicted molar refractivity (Wildman–Crippen MR) is 56.0 cm³/mol. The summed E-state index contributed by atoms with van der Waals surface area (Å²) >= 11 is 0. The molecule has 2 saturated heterocycles. The largest absolute Gasteiger partial charge is 0.342 e. The van der Waals surface area contributed by atoms with Crippen LogP contribution in [0.25, 0.3) is 0 Å². The Labute approximate surface area is 85.8 Å².